The standard InChI is InChI=1S/C10H12O4/c11-6-7-1-2-10(8(12)5-7)3-4-14-9(10)13/h5,11H,1-4,6H2/t10-/m0/s1. The number of carbonyl (C=O) groups excluding carboxylic acids is 2. The van der Waals surface area contributed by atoms with Crippen molar-refractivity contribution in [3.63, 3.8) is 0 Å². The summed E-state index contributed by atoms with van der Waals surface area (Å²) >= 11 is 0. The van der Waals surface area contributed by atoms with E-state index >= 15 is 0 Å². The summed E-state index contributed by atoms with van der Waals surface area (Å²) in [5, 5.41) is 8.87. The van der Waals surface area contributed by atoms with Crippen molar-refractivity contribution in [1.29, 1.82) is 0 Å². The number of carbonyl (C=O) groups is 2. The number of ketones is 1. The molecule has 4 heteroatoms. The lowest BCUT2D eigenvalue weighted by Crippen LogP contribution is -2.37. The van der Waals surface area contributed by atoms with Gasteiger partial charge in [-0.15, -0.1) is 0 Å². The predicted molar refractivity (Wildman–Crippen MR) is 47.4 cm³/mol. The molecule has 1 atom stereocenters. The van der Waals surface area contributed by atoms with E-state index in [0.717, 1.165) is 0 Å². The van der Waals surface area contributed by atoms with Gasteiger partial charge in [-0.3, -0.25) is 9.59 Å². The van der Waals surface area contributed by atoms with Crippen LogP contribution >= 0.6 is 0 Å². The van der Waals surface area contributed by atoms with E-state index in [0.29, 0.717) is 31.4 Å². The average Bonchev–Trinajstić information content (AvgIpc) is 2.54. The van der Waals surface area contributed by atoms with Crippen molar-refractivity contribution in [1.82, 2.24) is 0 Å². The molecular formula is C10H12O4. The Morgan fingerprint density at radius 3 is 2.71 bits per heavy atom. The van der Waals surface area contributed by atoms with Gasteiger partial charge in [0.05, 0.1) is 13.2 Å². The van der Waals surface area contributed by atoms with Crippen LogP contribution in [0.2, 0.25) is 0 Å². The van der Waals surface area contributed by atoms with Crippen LogP contribution in [0.25, 0.3) is 0 Å². The highest BCUT2D eigenvalue weighted by Crippen LogP contribution is 2.40. The Labute approximate surface area is 81.6 Å². The van der Waals surface area contributed by atoms with Gasteiger partial charge in [-0.1, -0.05) is 0 Å². The quantitative estimate of drug-likeness (QED) is 0.480. The van der Waals surface area contributed by atoms with Crippen molar-refractivity contribution >= 4 is 11.8 Å². The van der Waals surface area contributed by atoms with Gasteiger partial charge in [-0.05, 0) is 24.5 Å². The number of allylic oxidation sites excluding steroid dienone is 1. The summed E-state index contributed by atoms with van der Waals surface area (Å²) in [6, 6.07) is 0. The van der Waals surface area contributed by atoms with Crippen molar-refractivity contribution in [2.24, 2.45) is 5.41 Å². The zero-order chi connectivity index (χ0) is 10.2. The molecule has 0 aromatic rings. The number of aliphatic hydroxyl groups excluding tert-OH is 1. The van der Waals surface area contributed by atoms with Crippen LogP contribution in [0, 0.1) is 5.41 Å². The predicted octanol–water partition coefficient (Wildman–Crippen LogP) is 0.201. The molecular weight excluding hydrogens is 184 g/mol. The fraction of sp³-hybridized carbons (Fsp3) is 0.600. The van der Waals surface area contributed by atoms with E-state index in [1.165, 1.54) is 6.08 Å². The third-order valence-electron chi connectivity index (χ3n) is 3.04. The minimum atomic E-state index is -0.918. The van der Waals surface area contributed by atoms with Crippen LogP contribution in [0.3, 0.4) is 0 Å². The van der Waals surface area contributed by atoms with Crippen molar-refractivity contribution in [2.75, 3.05) is 13.2 Å². The van der Waals surface area contributed by atoms with E-state index in [9.17, 15) is 9.59 Å². The summed E-state index contributed by atoms with van der Waals surface area (Å²) in [5.74, 6) is -0.592. The maximum atomic E-state index is 11.7. The van der Waals surface area contributed by atoms with Crippen LogP contribution in [0.15, 0.2) is 11.6 Å². The third-order valence-corrected chi connectivity index (χ3v) is 3.04. The Hall–Kier alpha value is -1.16. The van der Waals surface area contributed by atoms with E-state index in [4.69, 9.17) is 9.84 Å². The first-order valence-electron chi connectivity index (χ1n) is 4.71. The molecule has 2 aliphatic rings. The Balaban J connectivity index is 2.29. The Kier molecular flexibility index (Phi) is 2.15. The van der Waals surface area contributed by atoms with Crippen LogP contribution in [0.1, 0.15) is 19.3 Å². The van der Waals surface area contributed by atoms with Gasteiger partial charge in [0.25, 0.3) is 0 Å². The van der Waals surface area contributed by atoms with Crippen molar-refractivity contribution in [3.05, 3.63) is 11.6 Å². The molecule has 0 saturated carbocycles. The zero-order valence-electron chi connectivity index (χ0n) is 7.78. The maximum Gasteiger partial charge on any atom is 0.320 e. The Bertz CT molecular complexity index is 318. The molecule has 0 radical (unpaired) electrons. The normalized spacial score (nSPS) is 31.9. The molecule has 1 heterocycles. The Morgan fingerprint density at radius 2 is 2.21 bits per heavy atom. The van der Waals surface area contributed by atoms with E-state index in [1.807, 2.05) is 0 Å². The van der Waals surface area contributed by atoms with Crippen LogP contribution < -0.4 is 0 Å². The highest BCUT2D eigenvalue weighted by atomic mass is 16.5. The van der Waals surface area contributed by atoms with Crippen molar-refractivity contribution in [2.45, 2.75) is 19.3 Å². The minimum Gasteiger partial charge on any atom is -0.465 e. The van der Waals surface area contributed by atoms with Crippen LogP contribution in [-0.4, -0.2) is 30.1 Å². The zero-order valence-corrected chi connectivity index (χ0v) is 7.78. The summed E-state index contributed by atoms with van der Waals surface area (Å²) in [6.45, 7) is 0.240. The van der Waals surface area contributed by atoms with Gasteiger partial charge in [0, 0.05) is 6.42 Å². The molecule has 0 aromatic heterocycles. The van der Waals surface area contributed by atoms with Gasteiger partial charge in [-0.2, -0.15) is 0 Å². The number of hydrogen-bond donors (Lipinski definition) is 1. The number of ether oxygens (including phenoxy) is 1. The number of cyclic esters (lactones) is 1. The first-order chi connectivity index (χ1) is 6.69. The van der Waals surface area contributed by atoms with Crippen molar-refractivity contribution < 1.29 is 19.4 Å². The van der Waals surface area contributed by atoms with Crippen LogP contribution in [-0.2, 0) is 14.3 Å². The highest BCUT2D eigenvalue weighted by Gasteiger charge is 2.50. The second-order valence-corrected chi connectivity index (χ2v) is 3.79. The third kappa shape index (κ3) is 1.18. The molecule has 1 fully saturated rings. The maximum absolute atomic E-state index is 11.7. The lowest BCUT2D eigenvalue weighted by Gasteiger charge is -2.26. The summed E-state index contributed by atoms with van der Waals surface area (Å²) in [5.41, 5.74) is -0.209. The summed E-state index contributed by atoms with van der Waals surface area (Å²) in [4.78, 5) is 23.1. The molecule has 1 saturated heterocycles. The molecule has 4 nitrogen and oxygen atoms in total. The van der Waals surface area contributed by atoms with E-state index in [2.05, 4.69) is 0 Å². The number of rotatable bonds is 1. The molecule has 1 aliphatic heterocycles. The lowest BCUT2D eigenvalue weighted by molar-refractivity contribution is -0.150. The van der Waals surface area contributed by atoms with Gasteiger partial charge in [-0.25, -0.2) is 0 Å². The molecule has 2 rings (SSSR count). The first kappa shape index (κ1) is 9.40. The molecule has 0 aromatic carbocycles. The van der Waals surface area contributed by atoms with Crippen LogP contribution in [0.4, 0.5) is 0 Å². The second-order valence-electron chi connectivity index (χ2n) is 3.79. The second kappa shape index (κ2) is 3.20. The van der Waals surface area contributed by atoms with E-state index in [-0.39, 0.29) is 12.4 Å². The molecule has 0 unspecified atom stereocenters. The molecule has 1 aliphatic carbocycles. The molecule has 1 N–H and O–H groups in total. The van der Waals surface area contributed by atoms with Crippen LogP contribution in [0.5, 0.6) is 0 Å². The fourth-order valence-corrected chi connectivity index (χ4v) is 2.03. The largest absolute Gasteiger partial charge is 0.465 e. The van der Waals surface area contributed by atoms with Gasteiger partial charge < -0.3 is 9.84 Å². The van der Waals surface area contributed by atoms with Gasteiger partial charge in [0.1, 0.15) is 5.41 Å². The fourth-order valence-electron chi connectivity index (χ4n) is 2.03. The monoisotopic (exact) mass is 196 g/mol. The number of aliphatic hydroxyl groups is 1. The summed E-state index contributed by atoms with van der Waals surface area (Å²) < 4.78 is 4.83. The number of hydrogen-bond acceptors (Lipinski definition) is 4. The van der Waals surface area contributed by atoms with Crippen molar-refractivity contribution in [3.8, 4) is 0 Å². The average molecular weight is 196 g/mol. The smallest absolute Gasteiger partial charge is 0.320 e. The Morgan fingerprint density at radius 1 is 1.43 bits per heavy atom. The molecule has 0 amide bonds. The highest BCUT2D eigenvalue weighted by molar-refractivity contribution is 6.11. The molecule has 1 spiro atoms. The molecule has 76 valence electrons. The minimum absolute atomic E-state index is 0.100. The van der Waals surface area contributed by atoms with E-state index < -0.39 is 11.4 Å². The topological polar surface area (TPSA) is 63.6 Å². The molecule has 0 bridgehead atoms. The number of esters is 1. The SMILES string of the molecule is O=C1C=C(CO)CC[C@]12CCOC2=O. The lowest BCUT2D eigenvalue weighted by atomic mass is 9.73. The van der Waals surface area contributed by atoms with Gasteiger partial charge >= 0.3 is 5.97 Å². The van der Waals surface area contributed by atoms with Gasteiger partial charge in [0.15, 0.2) is 5.78 Å². The van der Waals surface area contributed by atoms with E-state index in [1.54, 1.807) is 0 Å². The first-order valence-corrected chi connectivity index (χ1v) is 4.71. The van der Waals surface area contributed by atoms with Gasteiger partial charge in [0.2, 0.25) is 0 Å². The summed E-state index contributed by atoms with van der Waals surface area (Å²) in [6.07, 6.45) is 2.98. The molecule has 14 heavy (non-hydrogen) atoms. The summed E-state index contributed by atoms with van der Waals surface area (Å²) in [7, 11) is 0.